The van der Waals surface area contributed by atoms with Crippen molar-refractivity contribution < 1.29 is 14.3 Å². The highest BCUT2D eigenvalue weighted by Gasteiger charge is 2.46. The van der Waals surface area contributed by atoms with Gasteiger partial charge < -0.3 is 25.0 Å². The number of fused-ring (bicyclic) bond motifs is 1. The van der Waals surface area contributed by atoms with Gasteiger partial charge in [0.25, 0.3) is 5.91 Å². The van der Waals surface area contributed by atoms with Gasteiger partial charge in [-0.05, 0) is 44.1 Å². The van der Waals surface area contributed by atoms with E-state index < -0.39 is 5.54 Å². The molecule has 2 aromatic carbocycles. The standard InChI is InChI=1S/C21H25N3O3.ClH/c1-26-18-9-5-6-15(19(18)27-2)14-24-17-8-4-3-7-16(17)23-21(20(24)25)10-12-22-13-11-21;/h3-9,22-23H,10-14H2,1-2H3;1H. The first-order valence-electron chi connectivity index (χ1n) is 9.28. The highest BCUT2D eigenvalue weighted by molar-refractivity contribution is 6.08. The number of carbonyl (C=O) groups excluding carboxylic acids is 1. The van der Waals surface area contributed by atoms with Gasteiger partial charge in [0, 0.05) is 5.56 Å². The first kappa shape index (κ1) is 20.3. The van der Waals surface area contributed by atoms with Gasteiger partial charge in [-0.1, -0.05) is 24.3 Å². The molecule has 2 heterocycles. The van der Waals surface area contributed by atoms with E-state index in [4.69, 9.17) is 9.47 Å². The number of hydrogen-bond acceptors (Lipinski definition) is 5. The summed E-state index contributed by atoms with van der Waals surface area (Å²) in [5.74, 6) is 1.46. The number of hydrogen-bond donors (Lipinski definition) is 2. The van der Waals surface area contributed by atoms with E-state index in [0.717, 1.165) is 42.9 Å². The van der Waals surface area contributed by atoms with Crippen LogP contribution < -0.4 is 25.0 Å². The lowest BCUT2D eigenvalue weighted by Crippen LogP contribution is -2.61. The van der Waals surface area contributed by atoms with Gasteiger partial charge in [0.15, 0.2) is 11.5 Å². The maximum Gasteiger partial charge on any atom is 0.253 e. The second-order valence-corrected chi connectivity index (χ2v) is 7.02. The molecule has 0 unspecified atom stereocenters. The maximum atomic E-state index is 13.6. The van der Waals surface area contributed by atoms with E-state index in [0.29, 0.717) is 18.0 Å². The Kier molecular flexibility index (Phi) is 6.01. The predicted molar refractivity (Wildman–Crippen MR) is 113 cm³/mol. The third-order valence-corrected chi connectivity index (χ3v) is 5.49. The summed E-state index contributed by atoms with van der Waals surface area (Å²) in [7, 11) is 3.25. The van der Waals surface area contributed by atoms with Crippen molar-refractivity contribution in [3.05, 3.63) is 48.0 Å². The van der Waals surface area contributed by atoms with Gasteiger partial charge in [-0.3, -0.25) is 4.79 Å². The topological polar surface area (TPSA) is 62.8 Å². The fraction of sp³-hybridized carbons (Fsp3) is 0.381. The molecular weight excluding hydrogens is 378 g/mol. The Hall–Kier alpha value is -2.44. The highest BCUT2D eigenvalue weighted by atomic mass is 35.5. The Morgan fingerprint density at radius 2 is 1.79 bits per heavy atom. The molecule has 2 aliphatic rings. The van der Waals surface area contributed by atoms with Crippen LogP contribution in [0.4, 0.5) is 11.4 Å². The van der Waals surface area contributed by atoms with Crippen molar-refractivity contribution in [1.82, 2.24) is 5.32 Å². The number of anilines is 2. The molecule has 0 aliphatic carbocycles. The number of ether oxygens (including phenoxy) is 2. The van der Waals surface area contributed by atoms with Crippen LogP contribution in [-0.2, 0) is 11.3 Å². The SMILES string of the molecule is COc1cccc(CN2C(=O)C3(CCNCC3)Nc3ccccc32)c1OC.Cl. The predicted octanol–water partition coefficient (Wildman–Crippen LogP) is 3.21. The Labute approximate surface area is 171 Å². The molecule has 0 bridgehead atoms. The number of benzene rings is 2. The van der Waals surface area contributed by atoms with Crippen molar-refractivity contribution in [1.29, 1.82) is 0 Å². The van der Waals surface area contributed by atoms with E-state index in [9.17, 15) is 4.79 Å². The summed E-state index contributed by atoms with van der Waals surface area (Å²) in [6.07, 6.45) is 1.54. The first-order valence-corrected chi connectivity index (χ1v) is 9.28. The van der Waals surface area contributed by atoms with Crippen LogP contribution in [0.15, 0.2) is 42.5 Å². The van der Waals surface area contributed by atoms with Crippen LogP contribution in [0.25, 0.3) is 0 Å². The molecule has 1 spiro atoms. The molecule has 4 rings (SSSR count). The van der Waals surface area contributed by atoms with E-state index in [1.165, 1.54) is 0 Å². The van der Waals surface area contributed by atoms with Gasteiger partial charge in [-0.2, -0.15) is 0 Å². The van der Waals surface area contributed by atoms with Crippen molar-refractivity contribution in [3.63, 3.8) is 0 Å². The number of rotatable bonds is 4. The second kappa shape index (κ2) is 8.29. The molecule has 0 radical (unpaired) electrons. The average molecular weight is 404 g/mol. The molecule has 1 saturated heterocycles. The van der Waals surface area contributed by atoms with E-state index >= 15 is 0 Å². The molecule has 2 aliphatic heterocycles. The zero-order chi connectivity index (χ0) is 18.9. The minimum Gasteiger partial charge on any atom is -0.493 e. The number of halogens is 1. The number of nitrogens with one attached hydrogen (secondary N) is 2. The molecule has 7 heteroatoms. The molecule has 0 aromatic heterocycles. The number of methoxy groups -OCH3 is 2. The van der Waals surface area contributed by atoms with Crippen LogP contribution in [0.2, 0.25) is 0 Å². The summed E-state index contributed by atoms with van der Waals surface area (Å²) in [4.78, 5) is 15.5. The molecule has 150 valence electrons. The summed E-state index contributed by atoms with van der Waals surface area (Å²) in [5.41, 5.74) is 2.27. The molecule has 2 N–H and O–H groups in total. The van der Waals surface area contributed by atoms with Gasteiger partial charge in [0.2, 0.25) is 0 Å². The largest absolute Gasteiger partial charge is 0.493 e. The number of carbonyl (C=O) groups is 1. The van der Waals surface area contributed by atoms with Gasteiger partial charge in [-0.25, -0.2) is 0 Å². The Balaban J connectivity index is 0.00000225. The second-order valence-electron chi connectivity index (χ2n) is 7.02. The Bertz CT molecular complexity index is 853. The smallest absolute Gasteiger partial charge is 0.253 e. The molecule has 2 aromatic rings. The molecule has 0 saturated carbocycles. The number of amides is 1. The maximum absolute atomic E-state index is 13.6. The monoisotopic (exact) mass is 403 g/mol. The van der Waals surface area contributed by atoms with E-state index in [2.05, 4.69) is 10.6 Å². The summed E-state index contributed by atoms with van der Waals surface area (Å²) in [6, 6.07) is 13.8. The summed E-state index contributed by atoms with van der Waals surface area (Å²) in [5, 5.41) is 6.89. The van der Waals surface area contributed by atoms with Crippen LogP contribution in [0.5, 0.6) is 11.5 Å². The lowest BCUT2D eigenvalue weighted by Gasteiger charge is -2.46. The van der Waals surface area contributed by atoms with Gasteiger partial charge in [-0.15, -0.1) is 12.4 Å². The highest BCUT2D eigenvalue weighted by Crippen LogP contribution is 2.41. The van der Waals surface area contributed by atoms with Gasteiger partial charge in [0.05, 0.1) is 32.1 Å². The molecule has 28 heavy (non-hydrogen) atoms. The summed E-state index contributed by atoms with van der Waals surface area (Å²) >= 11 is 0. The van der Waals surface area contributed by atoms with E-state index in [1.54, 1.807) is 14.2 Å². The van der Waals surface area contributed by atoms with Crippen molar-refractivity contribution >= 4 is 29.7 Å². The van der Waals surface area contributed by atoms with Crippen LogP contribution in [0.3, 0.4) is 0 Å². The molecule has 1 amide bonds. The Morgan fingerprint density at radius 3 is 2.50 bits per heavy atom. The number of nitrogens with zero attached hydrogens (tertiary/aromatic N) is 1. The van der Waals surface area contributed by atoms with Crippen LogP contribution >= 0.6 is 12.4 Å². The third kappa shape index (κ3) is 3.38. The molecular formula is C21H26ClN3O3. The fourth-order valence-corrected chi connectivity index (χ4v) is 4.09. The molecule has 6 nitrogen and oxygen atoms in total. The van der Waals surface area contributed by atoms with Crippen molar-refractivity contribution in [2.75, 3.05) is 37.5 Å². The quantitative estimate of drug-likeness (QED) is 0.820. The van der Waals surface area contributed by atoms with E-state index in [1.807, 2.05) is 47.4 Å². The van der Waals surface area contributed by atoms with Crippen molar-refractivity contribution in [2.24, 2.45) is 0 Å². The Morgan fingerprint density at radius 1 is 1.04 bits per heavy atom. The average Bonchev–Trinajstić information content (AvgIpc) is 2.71. The van der Waals surface area contributed by atoms with Crippen LogP contribution in [0, 0.1) is 0 Å². The molecule has 0 atom stereocenters. The zero-order valence-electron chi connectivity index (χ0n) is 16.2. The summed E-state index contributed by atoms with van der Waals surface area (Å²) < 4.78 is 11.0. The van der Waals surface area contributed by atoms with Crippen LogP contribution in [-0.4, -0.2) is 38.8 Å². The van der Waals surface area contributed by atoms with Crippen LogP contribution in [0.1, 0.15) is 18.4 Å². The van der Waals surface area contributed by atoms with Crippen molar-refractivity contribution in [2.45, 2.75) is 24.9 Å². The normalized spacial score (nSPS) is 17.4. The van der Waals surface area contributed by atoms with E-state index in [-0.39, 0.29) is 18.3 Å². The lowest BCUT2D eigenvalue weighted by atomic mass is 9.84. The fourth-order valence-electron chi connectivity index (χ4n) is 4.09. The summed E-state index contributed by atoms with van der Waals surface area (Å²) in [6.45, 7) is 2.10. The van der Waals surface area contributed by atoms with Gasteiger partial charge in [0.1, 0.15) is 5.54 Å². The minimum absolute atomic E-state index is 0. The first-order chi connectivity index (χ1) is 13.2. The third-order valence-electron chi connectivity index (χ3n) is 5.49. The van der Waals surface area contributed by atoms with Gasteiger partial charge >= 0.3 is 0 Å². The zero-order valence-corrected chi connectivity index (χ0v) is 17.0. The number of piperidine rings is 1. The number of para-hydroxylation sites is 3. The minimum atomic E-state index is -0.550. The lowest BCUT2D eigenvalue weighted by molar-refractivity contribution is -0.124. The van der Waals surface area contributed by atoms with Crippen molar-refractivity contribution in [3.8, 4) is 11.5 Å². The molecule has 1 fully saturated rings.